The van der Waals surface area contributed by atoms with E-state index >= 15 is 0 Å². The fraction of sp³-hybridized carbons (Fsp3) is 0.471. The van der Waals surface area contributed by atoms with Crippen molar-refractivity contribution in [2.24, 2.45) is 0 Å². The van der Waals surface area contributed by atoms with Crippen LogP contribution in [0.3, 0.4) is 0 Å². The van der Waals surface area contributed by atoms with Gasteiger partial charge in [-0.25, -0.2) is 0 Å². The topological polar surface area (TPSA) is 17.1 Å². The molecule has 0 aliphatic heterocycles. The van der Waals surface area contributed by atoms with E-state index in [0.717, 1.165) is 18.4 Å². The van der Waals surface area contributed by atoms with Crippen LogP contribution in [-0.4, -0.2) is 5.78 Å². The zero-order valence-electron chi connectivity index (χ0n) is 11.8. The molecular formula is C17H24O. The molecule has 0 aliphatic carbocycles. The third-order valence-electron chi connectivity index (χ3n) is 2.98. The Labute approximate surface area is 111 Å². The largest absolute Gasteiger partial charge is 0.300 e. The lowest BCUT2D eigenvalue weighted by Crippen LogP contribution is -1.96. The van der Waals surface area contributed by atoms with Crippen LogP contribution in [-0.2, 0) is 11.2 Å². The molecule has 0 saturated carbocycles. The summed E-state index contributed by atoms with van der Waals surface area (Å²) in [4.78, 5) is 11.1. The predicted octanol–water partition coefficient (Wildman–Crippen LogP) is 4.80. The first kappa shape index (κ1) is 14.7. The van der Waals surface area contributed by atoms with Crippen LogP contribution in [0.2, 0.25) is 0 Å². The van der Waals surface area contributed by atoms with E-state index in [4.69, 9.17) is 0 Å². The predicted molar refractivity (Wildman–Crippen MR) is 78.6 cm³/mol. The standard InChI is InChI=1S/C17H24O/c1-4-6-8-16(7-5-2)17-11-9-15(10-12-17)13-14(3)18/h8-12H,4-7,13H2,1-3H3/b16-8-. The Morgan fingerprint density at radius 2 is 1.78 bits per heavy atom. The van der Waals surface area contributed by atoms with Crippen molar-refractivity contribution in [2.45, 2.75) is 52.9 Å². The van der Waals surface area contributed by atoms with E-state index in [1.54, 1.807) is 6.92 Å². The quantitative estimate of drug-likeness (QED) is 0.673. The van der Waals surface area contributed by atoms with Gasteiger partial charge in [-0.1, -0.05) is 57.0 Å². The van der Waals surface area contributed by atoms with Gasteiger partial charge in [0.1, 0.15) is 5.78 Å². The smallest absolute Gasteiger partial charge is 0.134 e. The maximum absolute atomic E-state index is 11.1. The third kappa shape index (κ3) is 4.87. The summed E-state index contributed by atoms with van der Waals surface area (Å²) in [5.74, 6) is 0.220. The molecule has 0 aliphatic rings. The summed E-state index contributed by atoms with van der Waals surface area (Å²) < 4.78 is 0. The summed E-state index contributed by atoms with van der Waals surface area (Å²) in [5.41, 5.74) is 3.85. The Morgan fingerprint density at radius 1 is 1.11 bits per heavy atom. The highest BCUT2D eigenvalue weighted by Gasteiger charge is 2.02. The number of hydrogen-bond acceptors (Lipinski definition) is 1. The highest BCUT2D eigenvalue weighted by atomic mass is 16.1. The molecule has 0 aromatic heterocycles. The average Bonchev–Trinajstić information content (AvgIpc) is 2.35. The van der Waals surface area contributed by atoms with Crippen molar-refractivity contribution in [3.8, 4) is 0 Å². The first-order valence-corrected chi connectivity index (χ1v) is 6.95. The lowest BCUT2D eigenvalue weighted by Gasteiger charge is -2.08. The maximum Gasteiger partial charge on any atom is 0.134 e. The zero-order valence-corrected chi connectivity index (χ0v) is 11.8. The summed E-state index contributed by atoms with van der Waals surface area (Å²) in [6, 6.07) is 8.45. The van der Waals surface area contributed by atoms with Gasteiger partial charge in [-0.3, -0.25) is 4.79 Å². The second-order valence-electron chi connectivity index (χ2n) is 4.84. The molecule has 0 spiro atoms. The zero-order chi connectivity index (χ0) is 13.4. The van der Waals surface area contributed by atoms with Gasteiger partial charge >= 0.3 is 0 Å². The van der Waals surface area contributed by atoms with Crippen molar-refractivity contribution >= 4 is 11.4 Å². The van der Waals surface area contributed by atoms with Crippen LogP contribution in [0.4, 0.5) is 0 Å². The van der Waals surface area contributed by atoms with Crippen molar-refractivity contribution in [3.63, 3.8) is 0 Å². The van der Waals surface area contributed by atoms with Crippen LogP contribution in [0.1, 0.15) is 57.6 Å². The average molecular weight is 244 g/mol. The molecule has 0 saturated heterocycles. The molecule has 98 valence electrons. The molecule has 0 amide bonds. The van der Waals surface area contributed by atoms with E-state index in [2.05, 4.69) is 44.2 Å². The van der Waals surface area contributed by atoms with E-state index in [0.29, 0.717) is 6.42 Å². The monoisotopic (exact) mass is 244 g/mol. The summed E-state index contributed by atoms with van der Waals surface area (Å²) in [6.45, 7) is 6.05. The SMILES string of the molecule is CCC/C=C(/CCC)c1ccc(CC(C)=O)cc1. The Kier molecular flexibility index (Phi) is 6.42. The number of carbonyl (C=O) groups is 1. The van der Waals surface area contributed by atoms with Crippen LogP contribution in [0.5, 0.6) is 0 Å². The van der Waals surface area contributed by atoms with Crippen molar-refractivity contribution in [3.05, 3.63) is 41.5 Å². The van der Waals surface area contributed by atoms with Crippen molar-refractivity contribution < 1.29 is 4.79 Å². The minimum absolute atomic E-state index is 0.220. The highest BCUT2D eigenvalue weighted by molar-refractivity contribution is 5.78. The van der Waals surface area contributed by atoms with Crippen LogP contribution >= 0.6 is 0 Å². The number of Topliss-reactive ketones (excluding diaryl/α,β-unsaturated/α-hetero) is 1. The highest BCUT2D eigenvalue weighted by Crippen LogP contribution is 2.21. The molecule has 1 heteroatoms. The molecule has 0 bridgehead atoms. The molecule has 0 radical (unpaired) electrons. The number of rotatable bonds is 7. The molecule has 0 atom stereocenters. The van der Waals surface area contributed by atoms with Gasteiger partial charge in [-0.2, -0.15) is 0 Å². The molecule has 1 rings (SSSR count). The summed E-state index contributed by atoms with van der Waals surface area (Å²) in [6.07, 6.45) is 7.53. The van der Waals surface area contributed by atoms with Gasteiger partial charge in [0, 0.05) is 6.42 Å². The Morgan fingerprint density at radius 3 is 2.28 bits per heavy atom. The van der Waals surface area contributed by atoms with E-state index < -0.39 is 0 Å². The second kappa shape index (κ2) is 7.86. The van der Waals surface area contributed by atoms with Crippen molar-refractivity contribution in [1.82, 2.24) is 0 Å². The van der Waals surface area contributed by atoms with Gasteiger partial charge < -0.3 is 0 Å². The molecule has 0 N–H and O–H groups in total. The molecule has 1 aromatic rings. The number of hydrogen-bond donors (Lipinski definition) is 0. The number of carbonyl (C=O) groups excluding carboxylic acids is 1. The number of benzene rings is 1. The molecule has 0 fully saturated rings. The Bertz CT molecular complexity index is 398. The minimum atomic E-state index is 0.220. The van der Waals surface area contributed by atoms with Crippen LogP contribution in [0, 0.1) is 0 Å². The molecule has 0 heterocycles. The first-order valence-electron chi connectivity index (χ1n) is 6.95. The van der Waals surface area contributed by atoms with E-state index in [-0.39, 0.29) is 5.78 Å². The van der Waals surface area contributed by atoms with Gasteiger partial charge in [-0.15, -0.1) is 0 Å². The Hall–Kier alpha value is -1.37. The number of unbranched alkanes of at least 4 members (excludes halogenated alkanes) is 1. The Balaban J connectivity index is 2.83. The summed E-state index contributed by atoms with van der Waals surface area (Å²) in [5, 5.41) is 0. The minimum Gasteiger partial charge on any atom is -0.300 e. The van der Waals surface area contributed by atoms with Gasteiger partial charge in [0.2, 0.25) is 0 Å². The summed E-state index contributed by atoms with van der Waals surface area (Å²) >= 11 is 0. The fourth-order valence-corrected chi connectivity index (χ4v) is 2.08. The van der Waals surface area contributed by atoms with Gasteiger partial charge in [0.25, 0.3) is 0 Å². The molecule has 1 aromatic carbocycles. The number of ketones is 1. The van der Waals surface area contributed by atoms with E-state index in [9.17, 15) is 4.79 Å². The summed E-state index contributed by atoms with van der Waals surface area (Å²) in [7, 11) is 0. The molecule has 18 heavy (non-hydrogen) atoms. The maximum atomic E-state index is 11.1. The third-order valence-corrected chi connectivity index (χ3v) is 2.98. The van der Waals surface area contributed by atoms with Crippen LogP contribution in [0.25, 0.3) is 5.57 Å². The van der Waals surface area contributed by atoms with E-state index in [1.807, 2.05) is 0 Å². The molecule has 1 nitrogen and oxygen atoms in total. The van der Waals surface area contributed by atoms with Gasteiger partial charge in [-0.05, 0) is 36.5 Å². The number of allylic oxidation sites excluding steroid dienone is 2. The first-order chi connectivity index (χ1) is 8.67. The lowest BCUT2D eigenvalue weighted by molar-refractivity contribution is -0.116. The van der Waals surface area contributed by atoms with Crippen molar-refractivity contribution in [2.75, 3.05) is 0 Å². The second-order valence-corrected chi connectivity index (χ2v) is 4.84. The van der Waals surface area contributed by atoms with Gasteiger partial charge in [0.15, 0.2) is 0 Å². The van der Waals surface area contributed by atoms with Crippen LogP contribution < -0.4 is 0 Å². The molecule has 0 unspecified atom stereocenters. The van der Waals surface area contributed by atoms with Crippen LogP contribution in [0.15, 0.2) is 30.3 Å². The lowest BCUT2D eigenvalue weighted by atomic mass is 9.98. The normalized spacial score (nSPS) is 11.6. The fourth-order valence-electron chi connectivity index (χ4n) is 2.08. The van der Waals surface area contributed by atoms with E-state index in [1.165, 1.54) is 24.0 Å². The van der Waals surface area contributed by atoms with Crippen molar-refractivity contribution in [1.29, 1.82) is 0 Å². The van der Waals surface area contributed by atoms with Gasteiger partial charge in [0.05, 0.1) is 0 Å². The molecular weight excluding hydrogens is 220 g/mol.